The first kappa shape index (κ1) is 13.9. The van der Waals surface area contributed by atoms with E-state index in [9.17, 15) is 0 Å². The molecule has 1 atom stereocenters. The molecule has 0 aliphatic carbocycles. The maximum Gasteiger partial charge on any atom is 0.189 e. The summed E-state index contributed by atoms with van der Waals surface area (Å²) in [6.07, 6.45) is 3.99. The maximum absolute atomic E-state index is 5.56. The molecule has 1 saturated heterocycles. The maximum atomic E-state index is 5.56. The molecular weight excluding hydrogens is 244 g/mol. The smallest absolute Gasteiger partial charge is 0.189 e. The van der Waals surface area contributed by atoms with E-state index >= 15 is 0 Å². The lowest BCUT2D eigenvalue weighted by molar-refractivity contribution is -0.00812. The Morgan fingerprint density at radius 1 is 1.37 bits per heavy atom. The van der Waals surface area contributed by atoms with E-state index in [0.717, 1.165) is 12.2 Å². The van der Waals surface area contributed by atoms with Crippen molar-refractivity contribution in [3.05, 3.63) is 29.8 Å². The van der Waals surface area contributed by atoms with Crippen molar-refractivity contribution in [2.45, 2.75) is 19.4 Å². The highest BCUT2D eigenvalue weighted by atomic mass is 16.7. The second-order valence-corrected chi connectivity index (χ2v) is 4.76. The third-order valence-corrected chi connectivity index (χ3v) is 2.89. The van der Waals surface area contributed by atoms with E-state index in [2.05, 4.69) is 0 Å². The third kappa shape index (κ3) is 3.98. The largest absolute Gasteiger partial charge is 0.493 e. The van der Waals surface area contributed by atoms with Crippen LogP contribution in [0.15, 0.2) is 24.3 Å². The molecule has 4 heteroatoms. The van der Waals surface area contributed by atoms with Gasteiger partial charge in [0.25, 0.3) is 0 Å². The van der Waals surface area contributed by atoms with Gasteiger partial charge in [0.15, 0.2) is 18.3 Å². The molecule has 0 saturated carbocycles. The van der Waals surface area contributed by atoms with Gasteiger partial charge >= 0.3 is 0 Å². The predicted octanol–water partition coefficient (Wildman–Crippen LogP) is 2.87. The zero-order chi connectivity index (χ0) is 13.7. The molecule has 4 nitrogen and oxygen atoms in total. The van der Waals surface area contributed by atoms with Gasteiger partial charge in [-0.2, -0.15) is 0 Å². The van der Waals surface area contributed by atoms with Gasteiger partial charge in [-0.15, -0.1) is 0 Å². The van der Waals surface area contributed by atoms with Gasteiger partial charge in [0.05, 0.1) is 20.3 Å². The van der Waals surface area contributed by atoms with Crippen molar-refractivity contribution in [1.82, 2.24) is 0 Å². The van der Waals surface area contributed by atoms with Gasteiger partial charge in [-0.3, -0.25) is 0 Å². The molecule has 1 aliphatic heterocycles. The molecule has 1 unspecified atom stereocenters. The van der Waals surface area contributed by atoms with Crippen LogP contribution in [0, 0.1) is 0 Å². The van der Waals surface area contributed by atoms with E-state index < -0.39 is 0 Å². The summed E-state index contributed by atoms with van der Waals surface area (Å²) in [5.74, 6) is 1.38. The van der Waals surface area contributed by atoms with Crippen LogP contribution in [0.2, 0.25) is 0 Å². The van der Waals surface area contributed by atoms with Crippen LogP contribution in [0.4, 0.5) is 0 Å². The number of benzene rings is 1. The lowest BCUT2D eigenvalue weighted by Crippen LogP contribution is -2.17. The van der Waals surface area contributed by atoms with Crippen LogP contribution in [0.1, 0.15) is 19.4 Å². The summed E-state index contributed by atoms with van der Waals surface area (Å²) < 4.78 is 21.5. The summed E-state index contributed by atoms with van der Waals surface area (Å²) in [5, 5.41) is 0. The first-order valence-corrected chi connectivity index (χ1v) is 6.32. The Kier molecular flexibility index (Phi) is 4.45. The molecule has 19 heavy (non-hydrogen) atoms. The van der Waals surface area contributed by atoms with E-state index in [1.807, 2.05) is 44.2 Å². The van der Waals surface area contributed by atoms with Crippen molar-refractivity contribution in [2.24, 2.45) is 0 Å². The third-order valence-electron chi connectivity index (χ3n) is 2.89. The molecular formula is C15H20O4. The van der Waals surface area contributed by atoms with Crippen LogP contribution >= 0.6 is 0 Å². The summed E-state index contributed by atoms with van der Waals surface area (Å²) in [6, 6.07) is 5.79. The second kappa shape index (κ2) is 6.08. The zero-order valence-electron chi connectivity index (χ0n) is 11.6. The second-order valence-electron chi connectivity index (χ2n) is 4.76. The van der Waals surface area contributed by atoms with Gasteiger partial charge in [0.2, 0.25) is 0 Å². The highest BCUT2D eigenvalue weighted by Crippen LogP contribution is 2.29. The van der Waals surface area contributed by atoms with Crippen molar-refractivity contribution in [1.29, 1.82) is 0 Å². The van der Waals surface area contributed by atoms with Crippen molar-refractivity contribution < 1.29 is 18.9 Å². The normalized spacial score (nSPS) is 21.6. The molecule has 0 N–H and O–H groups in total. The summed E-state index contributed by atoms with van der Waals surface area (Å²) in [4.78, 5) is 0. The average molecular weight is 264 g/mol. The lowest BCUT2D eigenvalue weighted by Gasteiger charge is -2.12. The highest BCUT2D eigenvalue weighted by Gasteiger charge is 2.39. The van der Waals surface area contributed by atoms with Gasteiger partial charge < -0.3 is 18.9 Å². The molecule has 0 bridgehead atoms. The van der Waals surface area contributed by atoms with E-state index in [4.69, 9.17) is 18.9 Å². The molecule has 0 amide bonds. The quantitative estimate of drug-likeness (QED) is 0.431. The number of epoxide rings is 1. The van der Waals surface area contributed by atoms with Crippen molar-refractivity contribution in [3.63, 3.8) is 0 Å². The standard InChI is InChI=1S/C15H20O4/c1-4-5-12-6-7-13(14(8-12)16-3)18-11-17-9-15(2)10-19-15/h4-8H,9-11H2,1-3H3/b5-4+. The fraction of sp³-hybridized carbons (Fsp3) is 0.467. The van der Waals surface area contributed by atoms with E-state index in [0.29, 0.717) is 18.1 Å². The minimum atomic E-state index is -0.108. The number of hydrogen-bond donors (Lipinski definition) is 0. The Hall–Kier alpha value is -1.52. The van der Waals surface area contributed by atoms with Crippen LogP contribution in [0.25, 0.3) is 6.08 Å². The fourth-order valence-corrected chi connectivity index (χ4v) is 1.67. The number of methoxy groups -OCH3 is 1. The summed E-state index contributed by atoms with van der Waals surface area (Å²) in [7, 11) is 1.63. The molecule has 0 radical (unpaired) electrons. The number of ether oxygens (including phenoxy) is 4. The van der Waals surface area contributed by atoms with Gasteiger partial charge in [-0.25, -0.2) is 0 Å². The topological polar surface area (TPSA) is 40.2 Å². The van der Waals surface area contributed by atoms with Crippen molar-refractivity contribution >= 4 is 6.08 Å². The Morgan fingerprint density at radius 3 is 2.79 bits per heavy atom. The van der Waals surface area contributed by atoms with Crippen molar-refractivity contribution in [3.8, 4) is 11.5 Å². The Bertz CT molecular complexity index is 449. The summed E-state index contributed by atoms with van der Waals surface area (Å²) in [5.41, 5.74) is 0.968. The van der Waals surface area contributed by atoms with Gasteiger partial charge in [0.1, 0.15) is 5.60 Å². The van der Waals surface area contributed by atoms with Crippen LogP contribution in [-0.4, -0.2) is 32.7 Å². The molecule has 1 aromatic rings. The average Bonchev–Trinajstić information content (AvgIpc) is 3.14. The van der Waals surface area contributed by atoms with Crippen LogP contribution < -0.4 is 9.47 Å². The van der Waals surface area contributed by atoms with E-state index in [1.165, 1.54) is 0 Å². The number of rotatable bonds is 7. The fourth-order valence-electron chi connectivity index (χ4n) is 1.67. The molecule has 1 aromatic carbocycles. The van der Waals surface area contributed by atoms with Crippen molar-refractivity contribution in [2.75, 3.05) is 27.1 Å². The molecule has 1 aliphatic rings. The molecule has 0 aromatic heterocycles. The minimum absolute atomic E-state index is 0.108. The highest BCUT2D eigenvalue weighted by molar-refractivity contribution is 5.55. The lowest BCUT2D eigenvalue weighted by atomic mass is 10.2. The first-order chi connectivity index (χ1) is 9.17. The molecule has 104 valence electrons. The van der Waals surface area contributed by atoms with Gasteiger partial charge in [0, 0.05) is 0 Å². The Morgan fingerprint density at radius 2 is 2.16 bits per heavy atom. The number of hydrogen-bond acceptors (Lipinski definition) is 4. The summed E-state index contributed by atoms with van der Waals surface area (Å²) >= 11 is 0. The summed E-state index contributed by atoms with van der Waals surface area (Å²) in [6.45, 7) is 5.49. The number of allylic oxidation sites excluding steroid dienone is 1. The monoisotopic (exact) mass is 264 g/mol. The molecule has 1 heterocycles. The van der Waals surface area contributed by atoms with Gasteiger partial charge in [-0.1, -0.05) is 18.2 Å². The Balaban J connectivity index is 1.87. The molecule has 0 spiro atoms. The van der Waals surface area contributed by atoms with Crippen LogP contribution in [0.5, 0.6) is 11.5 Å². The van der Waals surface area contributed by atoms with E-state index in [-0.39, 0.29) is 12.4 Å². The zero-order valence-corrected chi connectivity index (χ0v) is 11.6. The first-order valence-electron chi connectivity index (χ1n) is 6.32. The predicted molar refractivity (Wildman–Crippen MR) is 73.5 cm³/mol. The minimum Gasteiger partial charge on any atom is -0.493 e. The van der Waals surface area contributed by atoms with Crippen LogP contribution in [0.3, 0.4) is 0 Å². The molecule has 1 fully saturated rings. The van der Waals surface area contributed by atoms with Gasteiger partial charge in [-0.05, 0) is 31.5 Å². The molecule has 2 rings (SSSR count). The Labute approximate surface area is 113 Å². The van der Waals surface area contributed by atoms with Crippen LogP contribution in [-0.2, 0) is 9.47 Å². The SMILES string of the molecule is C/C=C/c1ccc(OCOCC2(C)CO2)c(OC)c1. The van der Waals surface area contributed by atoms with E-state index in [1.54, 1.807) is 7.11 Å².